The molecule has 0 saturated heterocycles. The zero-order valence-electron chi connectivity index (χ0n) is 12.9. The molecular formula is C19H21NO2. The minimum absolute atomic E-state index is 0.226. The van der Waals surface area contributed by atoms with Gasteiger partial charge in [-0.1, -0.05) is 6.08 Å². The number of hydrogen-bond donors (Lipinski definition) is 0. The Kier molecular flexibility index (Phi) is 3.29. The van der Waals surface area contributed by atoms with Gasteiger partial charge in [-0.25, -0.2) is 4.79 Å². The number of nitrogens with zero attached hydrogens (tertiary/aromatic N) is 1. The van der Waals surface area contributed by atoms with Crippen LogP contribution >= 0.6 is 0 Å². The fourth-order valence-electron chi connectivity index (χ4n) is 4.00. The van der Waals surface area contributed by atoms with Crippen LogP contribution in [0.5, 0.6) is 0 Å². The van der Waals surface area contributed by atoms with Crippen LogP contribution in [-0.4, -0.2) is 13.1 Å². The van der Waals surface area contributed by atoms with Crippen molar-refractivity contribution in [1.82, 2.24) is 0 Å². The van der Waals surface area contributed by atoms with Crippen molar-refractivity contribution >= 4 is 16.7 Å². The smallest absolute Gasteiger partial charge is 0.336 e. The van der Waals surface area contributed by atoms with Gasteiger partial charge in [0.1, 0.15) is 5.58 Å². The molecule has 4 rings (SSSR count). The molecule has 0 amide bonds. The minimum atomic E-state index is -0.226. The van der Waals surface area contributed by atoms with Gasteiger partial charge in [0.05, 0.1) is 0 Å². The molecule has 0 radical (unpaired) electrons. The Hall–Kier alpha value is -2.03. The summed E-state index contributed by atoms with van der Waals surface area (Å²) in [6, 6.07) is 3.93. The molecule has 2 aromatic rings. The first-order chi connectivity index (χ1) is 10.8. The summed E-state index contributed by atoms with van der Waals surface area (Å²) in [5, 5.41) is 1.14. The van der Waals surface area contributed by atoms with Crippen LogP contribution in [0.25, 0.3) is 11.0 Å². The summed E-state index contributed by atoms with van der Waals surface area (Å²) < 4.78 is 5.64. The minimum Gasteiger partial charge on any atom is -0.422 e. The van der Waals surface area contributed by atoms with E-state index in [1.54, 1.807) is 6.07 Å². The predicted octanol–water partition coefficient (Wildman–Crippen LogP) is 3.61. The molecule has 0 saturated carbocycles. The molecular weight excluding hydrogens is 274 g/mol. The monoisotopic (exact) mass is 295 g/mol. The molecule has 0 fully saturated rings. The summed E-state index contributed by atoms with van der Waals surface area (Å²) in [6.45, 7) is 6.05. The lowest BCUT2D eigenvalue weighted by molar-refractivity contribution is 0.547. The first-order valence-corrected chi connectivity index (χ1v) is 8.25. The average molecular weight is 295 g/mol. The summed E-state index contributed by atoms with van der Waals surface area (Å²) in [4.78, 5) is 14.5. The first-order valence-electron chi connectivity index (χ1n) is 8.25. The third-order valence-corrected chi connectivity index (χ3v) is 4.93. The molecule has 1 aromatic heterocycles. The van der Waals surface area contributed by atoms with E-state index < -0.39 is 0 Å². The average Bonchev–Trinajstić information content (AvgIpc) is 2.54. The number of aryl methyl sites for hydroxylation is 3. The molecule has 22 heavy (non-hydrogen) atoms. The quantitative estimate of drug-likeness (QED) is 0.640. The van der Waals surface area contributed by atoms with E-state index in [4.69, 9.17) is 4.42 Å². The molecule has 1 aromatic carbocycles. The van der Waals surface area contributed by atoms with E-state index in [9.17, 15) is 4.79 Å². The van der Waals surface area contributed by atoms with Gasteiger partial charge >= 0.3 is 5.63 Å². The fraction of sp³-hybridized carbons (Fsp3) is 0.421. The number of hydrogen-bond acceptors (Lipinski definition) is 3. The van der Waals surface area contributed by atoms with E-state index >= 15 is 0 Å². The van der Waals surface area contributed by atoms with Crippen LogP contribution in [0.15, 0.2) is 34.0 Å². The topological polar surface area (TPSA) is 33.5 Å². The third-order valence-electron chi connectivity index (χ3n) is 4.93. The molecule has 114 valence electrons. The first kappa shape index (κ1) is 13.6. The summed E-state index contributed by atoms with van der Waals surface area (Å²) in [5.41, 5.74) is 5.76. The molecule has 0 unspecified atom stereocenters. The zero-order valence-corrected chi connectivity index (χ0v) is 12.9. The highest BCUT2D eigenvalue weighted by Gasteiger charge is 2.27. The van der Waals surface area contributed by atoms with E-state index in [0.717, 1.165) is 61.7 Å². The summed E-state index contributed by atoms with van der Waals surface area (Å²) in [5.74, 6) is 0. The van der Waals surface area contributed by atoms with Crippen LogP contribution in [0.4, 0.5) is 5.69 Å². The lowest BCUT2D eigenvalue weighted by Crippen LogP contribution is -2.34. The highest BCUT2D eigenvalue weighted by Crippen LogP contribution is 2.40. The van der Waals surface area contributed by atoms with Crippen molar-refractivity contribution in [2.75, 3.05) is 18.0 Å². The van der Waals surface area contributed by atoms with Crippen molar-refractivity contribution in [3.05, 3.63) is 51.9 Å². The van der Waals surface area contributed by atoms with E-state index in [0.29, 0.717) is 0 Å². The maximum Gasteiger partial charge on any atom is 0.336 e. The Morgan fingerprint density at radius 2 is 2.05 bits per heavy atom. The fourth-order valence-corrected chi connectivity index (χ4v) is 4.00. The number of fused-ring (bicyclic) bond motifs is 2. The van der Waals surface area contributed by atoms with Gasteiger partial charge in [0.25, 0.3) is 0 Å². The van der Waals surface area contributed by atoms with Crippen molar-refractivity contribution in [2.24, 2.45) is 0 Å². The van der Waals surface area contributed by atoms with Gasteiger partial charge in [-0.3, -0.25) is 0 Å². The molecule has 3 heteroatoms. The molecule has 0 atom stereocenters. The SMILES string of the molecule is C=CCCc1cc(=O)oc2c3c4c(cc12)CCCN4CCC3. The Morgan fingerprint density at radius 3 is 2.86 bits per heavy atom. The van der Waals surface area contributed by atoms with Crippen LogP contribution in [0, 0.1) is 0 Å². The van der Waals surface area contributed by atoms with Gasteiger partial charge in [-0.15, -0.1) is 6.58 Å². The van der Waals surface area contributed by atoms with E-state index in [1.807, 2.05) is 6.08 Å². The van der Waals surface area contributed by atoms with Gasteiger partial charge in [0.15, 0.2) is 0 Å². The highest BCUT2D eigenvalue weighted by molar-refractivity contribution is 5.90. The molecule has 2 aliphatic heterocycles. The van der Waals surface area contributed by atoms with Crippen LogP contribution < -0.4 is 10.5 Å². The molecule has 0 spiro atoms. The summed E-state index contributed by atoms with van der Waals surface area (Å²) in [6.07, 6.45) is 8.16. The van der Waals surface area contributed by atoms with Gasteiger partial charge in [-0.05, 0) is 55.7 Å². The molecule has 3 nitrogen and oxygen atoms in total. The van der Waals surface area contributed by atoms with Gasteiger partial charge in [0, 0.05) is 35.8 Å². The van der Waals surface area contributed by atoms with E-state index in [2.05, 4.69) is 17.5 Å². The molecule has 2 aliphatic rings. The number of rotatable bonds is 3. The maximum absolute atomic E-state index is 12.0. The number of allylic oxidation sites excluding steroid dienone is 1. The second kappa shape index (κ2) is 5.31. The normalized spacial score (nSPS) is 16.6. The predicted molar refractivity (Wildman–Crippen MR) is 89.9 cm³/mol. The molecule has 3 heterocycles. The van der Waals surface area contributed by atoms with Crippen molar-refractivity contribution in [3.63, 3.8) is 0 Å². The van der Waals surface area contributed by atoms with E-state index in [-0.39, 0.29) is 5.63 Å². The van der Waals surface area contributed by atoms with Gasteiger partial charge in [0.2, 0.25) is 0 Å². The molecule has 0 bridgehead atoms. The van der Waals surface area contributed by atoms with E-state index in [1.165, 1.54) is 23.2 Å². The van der Waals surface area contributed by atoms with Crippen molar-refractivity contribution in [1.29, 1.82) is 0 Å². The Balaban J connectivity index is 2.01. The van der Waals surface area contributed by atoms with Crippen molar-refractivity contribution < 1.29 is 4.42 Å². The second-order valence-electron chi connectivity index (χ2n) is 6.35. The maximum atomic E-state index is 12.0. The summed E-state index contributed by atoms with van der Waals surface area (Å²) >= 11 is 0. The lowest BCUT2D eigenvalue weighted by atomic mass is 9.88. The number of benzene rings is 1. The van der Waals surface area contributed by atoms with Crippen LogP contribution in [0.3, 0.4) is 0 Å². The Bertz CT molecular complexity index is 801. The van der Waals surface area contributed by atoms with Crippen molar-refractivity contribution in [3.8, 4) is 0 Å². The van der Waals surface area contributed by atoms with Gasteiger partial charge < -0.3 is 9.32 Å². The standard InChI is InChI=1S/C19H21NO2/c1-2-3-6-13-12-17(21)22-19-15-8-5-10-20-9-4-7-14(18(15)20)11-16(13)19/h2,11-12H,1,3-10H2. The zero-order chi connectivity index (χ0) is 15.1. The van der Waals surface area contributed by atoms with Crippen LogP contribution in [0.1, 0.15) is 36.0 Å². The molecule has 0 N–H and O–H groups in total. The third kappa shape index (κ3) is 2.07. The number of anilines is 1. The molecule has 0 aliphatic carbocycles. The Morgan fingerprint density at radius 1 is 1.23 bits per heavy atom. The lowest BCUT2D eigenvalue weighted by Gasteiger charge is -2.37. The van der Waals surface area contributed by atoms with Crippen molar-refractivity contribution in [2.45, 2.75) is 38.5 Å². The second-order valence-corrected chi connectivity index (χ2v) is 6.35. The van der Waals surface area contributed by atoms with Crippen LogP contribution in [0.2, 0.25) is 0 Å². The van der Waals surface area contributed by atoms with Gasteiger partial charge in [-0.2, -0.15) is 0 Å². The summed E-state index contributed by atoms with van der Waals surface area (Å²) in [7, 11) is 0. The Labute approximate surface area is 130 Å². The largest absolute Gasteiger partial charge is 0.422 e. The highest BCUT2D eigenvalue weighted by atomic mass is 16.4. The van der Waals surface area contributed by atoms with Crippen LogP contribution in [-0.2, 0) is 19.3 Å².